The molecule has 0 spiro atoms. The van der Waals surface area contributed by atoms with Gasteiger partial charge in [-0.3, -0.25) is 0 Å². The fraction of sp³-hybridized carbons (Fsp3) is 0.316. The van der Waals surface area contributed by atoms with E-state index >= 15 is 0 Å². The maximum absolute atomic E-state index is 9.81. The first-order chi connectivity index (χ1) is 9.42. The SMILES string of the molecule is C=C/C=C(\C=C/C)C(/C=C)=C/C=C(C)C.CCC(C)=O. The maximum atomic E-state index is 9.81. The molecule has 0 amide bonds. The van der Waals surface area contributed by atoms with Crippen LogP contribution >= 0.6 is 0 Å². The Morgan fingerprint density at radius 3 is 1.85 bits per heavy atom. The van der Waals surface area contributed by atoms with Gasteiger partial charge in [0.25, 0.3) is 0 Å². The minimum absolute atomic E-state index is 0.255. The largest absolute Gasteiger partial charge is 0.300 e. The molecule has 0 rings (SSSR count). The van der Waals surface area contributed by atoms with Gasteiger partial charge in [-0.15, -0.1) is 0 Å². The zero-order chi connectivity index (χ0) is 16.0. The second-order valence-electron chi connectivity index (χ2n) is 4.48. The molecular formula is C19H28O. The van der Waals surface area contributed by atoms with Crippen molar-refractivity contribution in [2.24, 2.45) is 0 Å². The van der Waals surface area contributed by atoms with E-state index in [-0.39, 0.29) is 5.78 Å². The van der Waals surface area contributed by atoms with Gasteiger partial charge in [-0.1, -0.05) is 68.2 Å². The third-order valence-corrected chi connectivity index (χ3v) is 2.29. The number of hydrogen-bond acceptors (Lipinski definition) is 1. The average molecular weight is 272 g/mol. The highest BCUT2D eigenvalue weighted by atomic mass is 16.1. The smallest absolute Gasteiger partial charge is 0.129 e. The van der Waals surface area contributed by atoms with Gasteiger partial charge in [-0.2, -0.15) is 0 Å². The van der Waals surface area contributed by atoms with Gasteiger partial charge >= 0.3 is 0 Å². The first-order valence-corrected chi connectivity index (χ1v) is 6.85. The van der Waals surface area contributed by atoms with E-state index in [1.54, 1.807) is 13.0 Å². The monoisotopic (exact) mass is 272 g/mol. The Hall–Kier alpha value is -1.89. The van der Waals surface area contributed by atoms with Crippen LogP contribution in [0.1, 0.15) is 41.0 Å². The van der Waals surface area contributed by atoms with Crippen molar-refractivity contribution >= 4 is 5.78 Å². The molecule has 0 heterocycles. The van der Waals surface area contributed by atoms with Crippen molar-refractivity contribution in [2.75, 3.05) is 0 Å². The molecule has 0 aliphatic carbocycles. The second-order valence-corrected chi connectivity index (χ2v) is 4.48. The number of ketones is 1. The Labute approximate surface area is 124 Å². The quantitative estimate of drug-likeness (QED) is 0.563. The normalized spacial score (nSPS) is 11.4. The van der Waals surface area contributed by atoms with E-state index < -0.39 is 0 Å². The minimum Gasteiger partial charge on any atom is -0.300 e. The molecular weight excluding hydrogens is 244 g/mol. The zero-order valence-electron chi connectivity index (χ0n) is 13.6. The van der Waals surface area contributed by atoms with Crippen LogP contribution in [0.4, 0.5) is 0 Å². The third-order valence-electron chi connectivity index (χ3n) is 2.29. The van der Waals surface area contributed by atoms with Gasteiger partial charge < -0.3 is 4.79 Å². The first kappa shape index (κ1) is 20.4. The topological polar surface area (TPSA) is 17.1 Å². The molecule has 0 atom stereocenters. The van der Waals surface area contributed by atoms with Crippen molar-refractivity contribution in [3.8, 4) is 0 Å². The summed E-state index contributed by atoms with van der Waals surface area (Å²) in [6.07, 6.45) is 14.5. The van der Waals surface area contributed by atoms with E-state index in [9.17, 15) is 4.79 Å². The summed E-state index contributed by atoms with van der Waals surface area (Å²) in [5.74, 6) is 0.255. The molecule has 0 aromatic rings. The Morgan fingerprint density at radius 2 is 1.55 bits per heavy atom. The molecule has 0 fully saturated rings. The number of hydrogen-bond donors (Lipinski definition) is 0. The first-order valence-electron chi connectivity index (χ1n) is 6.85. The third kappa shape index (κ3) is 12.6. The summed E-state index contributed by atoms with van der Waals surface area (Å²) >= 11 is 0. The lowest BCUT2D eigenvalue weighted by Gasteiger charge is -2.01. The molecule has 0 aromatic heterocycles. The number of carbonyl (C=O) groups excluding carboxylic acids is 1. The molecule has 0 N–H and O–H groups in total. The summed E-state index contributed by atoms with van der Waals surface area (Å²) in [5, 5.41) is 0. The average Bonchev–Trinajstić information content (AvgIpc) is 2.40. The van der Waals surface area contributed by atoms with Crippen LogP contribution in [0.15, 0.2) is 72.4 Å². The van der Waals surface area contributed by atoms with Gasteiger partial charge in [0.2, 0.25) is 0 Å². The van der Waals surface area contributed by atoms with Crippen LogP contribution in [0.5, 0.6) is 0 Å². The van der Waals surface area contributed by atoms with Crippen molar-refractivity contribution in [3.05, 3.63) is 72.4 Å². The maximum Gasteiger partial charge on any atom is 0.129 e. The molecule has 0 aliphatic rings. The van der Waals surface area contributed by atoms with Crippen LogP contribution < -0.4 is 0 Å². The van der Waals surface area contributed by atoms with E-state index in [0.29, 0.717) is 6.42 Å². The van der Waals surface area contributed by atoms with E-state index in [0.717, 1.165) is 11.1 Å². The summed E-state index contributed by atoms with van der Waals surface area (Å²) in [6.45, 7) is 17.1. The van der Waals surface area contributed by atoms with Gasteiger partial charge in [0.1, 0.15) is 5.78 Å². The molecule has 0 saturated heterocycles. The fourth-order valence-corrected chi connectivity index (χ4v) is 1.09. The zero-order valence-corrected chi connectivity index (χ0v) is 13.6. The standard InChI is InChI=1S/C15H20.C4H8O/c1-6-9-15(10-7-2)14(8-3)12-11-13(4)5;1-3-4(2)5/h6-12H,1,3H2,2,4-5H3;3H2,1-2H3/b10-7-,14-12+,15-9+;. The highest BCUT2D eigenvalue weighted by Crippen LogP contribution is 2.13. The fourth-order valence-electron chi connectivity index (χ4n) is 1.09. The summed E-state index contributed by atoms with van der Waals surface area (Å²) in [4.78, 5) is 9.81. The Morgan fingerprint density at radius 1 is 1.00 bits per heavy atom. The van der Waals surface area contributed by atoms with E-state index in [1.807, 2.05) is 38.2 Å². The Balaban J connectivity index is 0. The predicted molar refractivity (Wildman–Crippen MR) is 91.8 cm³/mol. The molecule has 20 heavy (non-hydrogen) atoms. The van der Waals surface area contributed by atoms with Gasteiger partial charge in [0, 0.05) is 6.42 Å². The van der Waals surface area contributed by atoms with Crippen LogP contribution in [0.25, 0.3) is 0 Å². The van der Waals surface area contributed by atoms with Crippen molar-refractivity contribution < 1.29 is 4.79 Å². The lowest BCUT2D eigenvalue weighted by molar-refractivity contribution is -0.116. The molecule has 0 radical (unpaired) electrons. The van der Waals surface area contributed by atoms with E-state index in [1.165, 1.54) is 5.57 Å². The lowest BCUT2D eigenvalue weighted by Crippen LogP contribution is -1.82. The molecule has 1 nitrogen and oxygen atoms in total. The van der Waals surface area contributed by atoms with Crippen molar-refractivity contribution in [1.29, 1.82) is 0 Å². The minimum atomic E-state index is 0.255. The van der Waals surface area contributed by atoms with Crippen molar-refractivity contribution in [1.82, 2.24) is 0 Å². The van der Waals surface area contributed by atoms with Crippen LogP contribution in [0.3, 0.4) is 0 Å². The lowest BCUT2D eigenvalue weighted by atomic mass is 10.0. The number of allylic oxidation sites excluding steroid dienone is 10. The number of carbonyl (C=O) groups is 1. The van der Waals surface area contributed by atoms with Crippen LogP contribution in [-0.4, -0.2) is 5.78 Å². The molecule has 1 heteroatoms. The molecule has 0 aromatic carbocycles. The van der Waals surface area contributed by atoms with Crippen LogP contribution in [0.2, 0.25) is 0 Å². The Bertz CT molecular complexity index is 425. The summed E-state index contributed by atoms with van der Waals surface area (Å²) in [5.41, 5.74) is 3.50. The van der Waals surface area contributed by atoms with E-state index in [2.05, 4.69) is 39.2 Å². The molecule has 0 unspecified atom stereocenters. The molecule has 0 bridgehead atoms. The van der Waals surface area contributed by atoms with E-state index in [4.69, 9.17) is 0 Å². The summed E-state index contributed by atoms with van der Waals surface area (Å²) < 4.78 is 0. The van der Waals surface area contributed by atoms with Gasteiger partial charge in [0.15, 0.2) is 0 Å². The molecule has 110 valence electrons. The molecule has 0 saturated carbocycles. The van der Waals surface area contributed by atoms with Gasteiger partial charge in [-0.25, -0.2) is 0 Å². The molecule has 0 aliphatic heterocycles. The van der Waals surface area contributed by atoms with Gasteiger partial charge in [0.05, 0.1) is 0 Å². The second kappa shape index (κ2) is 13.5. The summed E-state index contributed by atoms with van der Waals surface area (Å²) in [6, 6.07) is 0. The summed E-state index contributed by atoms with van der Waals surface area (Å²) in [7, 11) is 0. The van der Waals surface area contributed by atoms with Crippen molar-refractivity contribution in [3.63, 3.8) is 0 Å². The van der Waals surface area contributed by atoms with Crippen LogP contribution in [-0.2, 0) is 4.79 Å². The highest BCUT2D eigenvalue weighted by molar-refractivity contribution is 5.74. The highest BCUT2D eigenvalue weighted by Gasteiger charge is 1.94. The van der Waals surface area contributed by atoms with Crippen molar-refractivity contribution in [2.45, 2.75) is 41.0 Å². The Kier molecular flexibility index (Phi) is 13.8. The number of Topliss-reactive ketones (excluding diaryl/α,β-unsaturated/α-hetero) is 1. The van der Waals surface area contributed by atoms with Crippen LogP contribution in [0, 0.1) is 0 Å². The van der Waals surface area contributed by atoms with Gasteiger partial charge in [-0.05, 0) is 38.8 Å². The predicted octanol–water partition coefficient (Wildman–Crippen LogP) is 5.74. The number of rotatable bonds is 6.